The van der Waals surface area contributed by atoms with Crippen molar-refractivity contribution >= 4 is 0 Å². The van der Waals surface area contributed by atoms with E-state index in [-0.39, 0.29) is 23.9 Å². The third-order valence-corrected chi connectivity index (χ3v) is 3.48. The summed E-state index contributed by atoms with van der Waals surface area (Å²) in [6, 6.07) is 1.78. The number of nitrogens with zero attached hydrogens (tertiary/aromatic N) is 4. The van der Waals surface area contributed by atoms with Crippen LogP contribution < -0.4 is 0 Å². The Labute approximate surface area is 98.2 Å². The van der Waals surface area contributed by atoms with E-state index in [9.17, 15) is 8.78 Å². The van der Waals surface area contributed by atoms with Gasteiger partial charge in [-0.1, -0.05) is 11.6 Å². The largest absolute Gasteiger partial charge is 0.281 e. The first-order valence-electron chi connectivity index (χ1n) is 5.74. The summed E-state index contributed by atoms with van der Waals surface area (Å²) < 4.78 is 27.3. The summed E-state index contributed by atoms with van der Waals surface area (Å²) in [5.41, 5.74) is -0.0837. The van der Waals surface area contributed by atoms with Crippen molar-refractivity contribution in [1.82, 2.24) is 15.0 Å². The van der Waals surface area contributed by atoms with Gasteiger partial charge in [-0.05, 0) is 25.7 Å². The molecule has 1 heterocycles. The van der Waals surface area contributed by atoms with E-state index in [0.717, 1.165) is 19.3 Å². The van der Waals surface area contributed by atoms with Crippen molar-refractivity contribution in [2.75, 3.05) is 0 Å². The highest BCUT2D eigenvalue weighted by Gasteiger charge is 2.31. The molecule has 0 aliphatic heterocycles. The molecule has 1 aromatic rings. The van der Waals surface area contributed by atoms with Crippen molar-refractivity contribution in [3.8, 4) is 6.07 Å². The maximum Gasteiger partial charge on any atom is 0.281 e. The van der Waals surface area contributed by atoms with Crippen molar-refractivity contribution in [2.24, 2.45) is 5.92 Å². The van der Waals surface area contributed by atoms with Crippen LogP contribution in [0.5, 0.6) is 0 Å². The van der Waals surface area contributed by atoms with E-state index < -0.39 is 6.43 Å². The van der Waals surface area contributed by atoms with Gasteiger partial charge in [0.1, 0.15) is 11.4 Å². The molecule has 0 radical (unpaired) electrons. The maximum absolute atomic E-state index is 13.0. The normalized spacial score (nSPS) is 17.8. The van der Waals surface area contributed by atoms with Gasteiger partial charge in [-0.2, -0.15) is 5.26 Å². The molecule has 0 spiro atoms. The SMILES string of the molecule is CC(C1CCC1)n1nnc(CC#N)c1C(F)F. The first kappa shape index (κ1) is 12.0. The fourth-order valence-electron chi connectivity index (χ4n) is 2.18. The van der Waals surface area contributed by atoms with Gasteiger partial charge >= 0.3 is 0 Å². The number of rotatable bonds is 4. The van der Waals surface area contributed by atoms with Crippen LogP contribution in [0, 0.1) is 17.2 Å². The zero-order valence-corrected chi connectivity index (χ0v) is 9.61. The van der Waals surface area contributed by atoms with E-state index in [1.807, 2.05) is 13.0 Å². The minimum absolute atomic E-state index is 0.0623. The summed E-state index contributed by atoms with van der Waals surface area (Å²) in [6.07, 6.45) is 0.514. The highest BCUT2D eigenvalue weighted by molar-refractivity contribution is 5.16. The maximum atomic E-state index is 13.0. The molecule has 1 aromatic heterocycles. The van der Waals surface area contributed by atoms with Crippen LogP contribution in [0.3, 0.4) is 0 Å². The lowest BCUT2D eigenvalue weighted by Crippen LogP contribution is -2.25. The molecular formula is C11H14F2N4. The standard InChI is InChI=1S/C11H14F2N4/c1-7(8-3-2-4-8)17-10(11(12)13)9(5-6-14)15-16-17/h7-8,11H,2-5H2,1H3. The molecule has 17 heavy (non-hydrogen) atoms. The van der Waals surface area contributed by atoms with Gasteiger partial charge < -0.3 is 0 Å². The monoisotopic (exact) mass is 240 g/mol. The Morgan fingerprint density at radius 2 is 2.24 bits per heavy atom. The van der Waals surface area contributed by atoms with Crippen molar-refractivity contribution in [1.29, 1.82) is 5.26 Å². The molecule has 0 bridgehead atoms. The Hall–Kier alpha value is -1.51. The third-order valence-electron chi connectivity index (χ3n) is 3.48. The smallest absolute Gasteiger partial charge is 0.240 e. The quantitative estimate of drug-likeness (QED) is 0.812. The Morgan fingerprint density at radius 1 is 1.53 bits per heavy atom. The van der Waals surface area contributed by atoms with Crippen molar-refractivity contribution in [3.05, 3.63) is 11.4 Å². The van der Waals surface area contributed by atoms with Crippen LogP contribution in [-0.2, 0) is 6.42 Å². The third kappa shape index (κ3) is 2.14. The van der Waals surface area contributed by atoms with Crippen LogP contribution in [-0.4, -0.2) is 15.0 Å². The summed E-state index contributed by atoms with van der Waals surface area (Å²) in [7, 11) is 0. The van der Waals surface area contributed by atoms with Crippen LogP contribution in [0.25, 0.3) is 0 Å². The van der Waals surface area contributed by atoms with Crippen LogP contribution >= 0.6 is 0 Å². The number of aromatic nitrogens is 3. The van der Waals surface area contributed by atoms with Crippen LogP contribution in [0.4, 0.5) is 8.78 Å². The summed E-state index contributed by atoms with van der Waals surface area (Å²) in [5.74, 6) is 0.407. The molecule has 0 aromatic carbocycles. The summed E-state index contributed by atoms with van der Waals surface area (Å²) in [5, 5.41) is 16.1. The fourth-order valence-corrected chi connectivity index (χ4v) is 2.18. The lowest BCUT2D eigenvalue weighted by molar-refractivity contribution is 0.124. The van der Waals surface area contributed by atoms with E-state index in [0.29, 0.717) is 5.92 Å². The van der Waals surface area contributed by atoms with Gasteiger partial charge in [0.25, 0.3) is 6.43 Å². The average Bonchev–Trinajstić information content (AvgIpc) is 2.59. The van der Waals surface area contributed by atoms with Gasteiger partial charge in [0.05, 0.1) is 18.5 Å². The number of hydrogen-bond donors (Lipinski definition) is 0. The van der Waals surface area contributed by atoms with Gasteiger partial charge in [0.2, 0.25) is 0 Å². The minimum Gasteiger partial charge on any atom is -0.240 e. The predicted molar refractivity (Wildman–Crippen MR) is 56.3 cm³/mol. The first-order chi connectivity index (χ1) is 8.15. The topological polar surface area (TPSA) is 54.5 Å². The molecule has 1 unspecified atom stereocenters. The molecular weight excluding hydrogens is 226 g/mol. The van der Waals surface area contributed by atoms with Gasteiger partial charge in [-0.15, -0.1) is 5.10 Å². The molecule has 4 nitrogen and oxygen atoms in total. The molecule has 0 saturated heterocycles. The second kappa shape index (κ2) is 4.78. The summed E-state index contributed by atoms with van der Waals surface area (Å²) in [6.45, 7) is 1.89. The van der Waals surface area contributed by atoms with Crippen molar-refractivity contribution in [2.45, 2.75) is 45.1 Å². The van der Waals surface area contributed by atoms with Gasteiger partial charge in [-0.25, -0.2) is 13.5 Å². The lowest BCUT2D eigenvalue weighted by atomic mass is 9.80. The molecule has 1 aliphatic carbocycles. The average molecular weight is 240 g/mol. The zero-order chi connectivity index (χ0) is 12.4. The molecule has 1 saturated carbocycles. The fraction of sp³-hybridized carbons (Fsp3) is 0.727. The number of nitriles is 1. The first-order valence-corrected chi connectivity index (χ1v) is 5.74. The molecule has 92 valence electrons. The summed E-state index contributed by atoms with van der Waals surface area (Å²) >= 11 is 0. The number of halogens is 2. The predicted octanol–water partition coefficient (Wildman–Crippen LogP) is 2.64. The van der Waals surface area contributed by atoms with E-state index in [2.05, 4.69) is 10.3 Å². The van der Waals surface area contributed by atoms with E-state index >= 15 is 0 Å². The Morgan fingerprint density at radius 3 is 2.71 bits per heavy atom. The van der Waals surface area contributed by atoms with E-state index in [1.54, 1.807) is 0 Å². The number of alkyl halides is 2. The van der Waals surface area contributed by atoms with Gasteiger partial charge in [0, 0.05) is 0 Å². The molecule has 0 amide bonds. The second-order valence-corrected chi connectivity index (χ2v) is 4.43. The minimum atomic E-state index is -2.63. The van der Waals surface area contributed by atoms with Crippen molar-refractivity contribution < 1.29 is 8.78 Å². The molecule has 2 rings (SSSR count). The Bertz CT molecular complexity index is 431. The van der Waals surface area contributed by atoms with Gasteiger partial charge in [0.15, 0.2) is 0 Å². The lowest BCUT2D eigenvalue weighted by Gasteiger charge is -2.31. The van der Waals surface area contributed by atoms with Crippen LogP contribution in [0.1, 0.15) is 50.0 Å². The summed E-state index contributed by atoms with van der Waals surface area (Å²) in [4.78, 5) is 0. The zero-order valence-electron chi connectivity index (χ0n) is 9.61. The molecule has 6 heteroatoms. The highest BCUT2D eigenvalue weighted by Crippen LogP contribution is 2.37. The molecule has 1 fully saturated rings. The van der Waals surface area contributed by atoms with Gasteiger partial charge in [-0.3, -0.25) is 0 Å². The molecule has 1 aliphatic rings. The highest BCUT2D eigenvalue weighted by atomic mass is 19.3. The Kier molecular flexibility index (Phi) is 3.36. The van der Waals surface area contributed by atoms with Crippen molar-refractivity contribution in [3.63, 3.8) is 0 Å². The van der Waals surface area contributed by atoms with Crippen LogP contribution in [0.15, 0.2) is 0 Å². The molecule has 1 atom stereocenters. The van der Waals surface area contributed by atoms with E-state index in [4.69, 9.17) is 5.26 Å². The second-order valence-electron chi connectivity index (χ2n) is 4.43. The Balaban J connectivity index is 2.29. The van der Waals surface area contributed by atoms with Crippen LogP contribution in [0.2, 0.25) is 0 Å². The number of hydrogen-bond acceptors (Lipinski definition) is 3. The van der Waals surface area contributed by atoms with E-state index in [1.165, 1.54) is 4.68 Å². The molecule has 0 N–H and O–H groups in total.